The minimum atomic E-state index is -1.04. The van der Waals surface area contributed by atoms with E-state index in [4.69, 9.17) is 9.31 Å². The first kappa shape index (κ1) is 13.6. The average Bonchev–Trinajstić information content (AvgIpc) is 2.44. The predicted octanol–water partition coefficient (Wildman–Crippen LogP) is -0.0382. The molecule has 21 heavy (non-hydrogen) atoms. The van der Waals surface area contributed by atoms with Crippen LogP contribution in [-0.2, 0) is 18.9 Å². The molecule has 2 heterocycles. The molecule has 1 aliphatic heterocycles. The molecule has 1 aromatic heterocycles. The summed E-state index contributed by atoms with van der Waals surface area (Å²) in [4.78, 5) is 29.4. The lowest BCUT2D eigenvalue weighted by atomic mass is 9.76. The maximum absolute atomic E-state index is 11.8. The Labute approximate surface area is 121 Å². The van der Waals surface area contributed by atoms with Gasteiger partial charge in [0, 0.05) is 17.0 Å². The lowest BCUT2D eigenvalue weighted by molar-refractivity contribution is -0.145. The van der Waals surface area contributed by atoms with Crippen LogP contribution in [0.2, 0.25) is 0 Å². The van der Waals surface area contributed by atoms with Crippen molar-refractivity contribution in [3.05, 3.63) is 36.5 Å². The van der Waals surface area contributed by atoms with E-state index in [1.807, 2.05) is 12.1 Å². The Morgan fingerprint density at radius 3 is 2.52 bits per heavy atom. The van der Waals surface area contributed by atoms with E-state index in [1.165, 1.54) is 0 Å². The van der Waals surface area contributed by atoms with Crippen LogP contribution < -0.4 is 5.46 Å². The summed E-state index contributed by atoms with van der Waals surface area (Å²) in [5.41, 5.74) is 1.37. The van der Waals surface area contributed by atoms with Gasteiger partial charge in [-0.2, -0.15) is 0 Å². The number of likely N-dealkylation sites (N-methyl/N-ethyl adjacent to an activating group) is 1. The highest BCUT2D eigenvalue weighted by atomic mass is 16.6. The molecule has 106 valence electrons. The maximum atomic E-state index is 11.8. The lowest BCUT2D eigenvalue weighted by Crippen LogP contribution is -2.48. The quantitative estimate of drug-likeness (QED) is 0.685. The smallest absolute Gasteiger partial charge is 0.494 e. The summed E-state index contributed by atoms with van der Waals surface area (Å²) in [5, 5.41) is 0.791. The number of aromatic nitrogens is 1. The number of rotatable bonds is 1. The van der Waals surface area contributed by atoms with Crippen molar-refractivity contribution in [3.8, 4) is 0 Å². The van der Waals surface area contributed by atoms with Crippen LogP contribution in [0.1, 0.15) is 0 Å². The zero-order valence-corrected chi connectivity index (χ0v) is 11.5. The molecule has 0 bridgehead atoms. The molecule has 1 aliphatic rings. The highest BCUT2D eigenvalue weighted by molar-refractivity contribution is 6.67. The molecular weight excluding hydrogens is 271 g/mol. The molecule has 3 rings (SSSR count). The van der Waals surface area contributed by atoms with Crippen molar-refractivity contribution in [2.75, 3.05) is 20.1 Å². The number of benzene rings is 1. The molecule has 0 unspecified atom stereocenters. The van der Waals surface area contributed by atoms with Gasteiger partial charge < -0.3 is 9.31 Å². The Morgan fingerprint density at radius 1 is 1.10 bits per heavy atom. The molecule has 0 aliphatic carbocycles. The number of carbonyl (C=O) groups excluding carboxylic acids is 2. The van der Waals surface area contributed by atoms with Gasteiger partial charge in [-0.15, -0.1) is 0 Å². The van der Waals surface area contributed by atoms with Crippen molar-refractivity contribution < 1.29 is 18.9 Å². The molecule has 2 aromatic rings. The van der Waals surface area contributed by atoms with Crippen LogP contribution in [0, 0.1) is 0 Å². The van der Waals surface area contributed by atoms with E-state index in [9.17, 15) is 9.59 Å². The van der Waals surface area contributed by atoms with Gasteiger partial charge in [0.25, 0.3) is 0 Å². The molecule has 1 fully saturated rings. The molecule has 0 saturated carbocycles. The minimum Gasteiger partial charge on any atom is -0.494 e. The van der Waals surface area contributed by atoms with Gasteiger partial charge in [0.2, 0.25) is 0 Å². The SMILES string of the molecule is CN1CC(=O)OB(c2cccc3ncccc23)OC(=O)C1. The summed E-state index contributed by atoms with van der Waals surface area (Å²) in [6.45, 7) is 0.100. The topological polar surface area (TPSA) is 68.7 Å². The van der Waals surface area contributed by atoms with E-state index >= 15 is 0 Å². The van der Waals surface area contributed by atoms with E-state index in [-0.39, 0.29) is 13.1 Å². The molecule has 6 nitrogen and oxygen atoms in total. The van der Waals surface area contributed by atoms with E-state index in [0.717, 1.165) is 10.9 Å². The molecule has 0 radical (unpaired) electrons. The van der Waals surface area contributed by atoms with Gasteiger partial charge in [0.1, 0.15) is 0 Å². The molecular formula is C14H13BN2O4. The first-order chi connectivity index (χ1) is 10.1. The Kier molecular flexibility index (Phi) is 3.58. The molecule has 1 aromatic carbocycles. The molecule has 7 heteroatoms. The summed E-state index contributed by atoms with van der Waals surface area (Å²) in [5.74, 6) is -0.869. The van der Waals surface area contributed by atoms with Crippen LogP contribution in [0.3, 0.4) is 0 Å². The first-order valence-electron chi connectivity index (χ1n) is 6.54. The van der Waals surface area contributed by atoms with Crippen molar-refractivity contribution in [3.63, 3.8) is 0 Å². The third-order valence-electron chi connectivity index (χ3n) is 3.21. The summed E-state index contributed by atoms with van der Waals surface area (Å²) in [7, 11) is 0.622. The van der Waals surface area contributed by atoms with Gasteiger partial charge in [0.05, 0.1) is 18.6 Å². The lowest BCUT2D eigenvalue weighted by Gasteiger charge is -2.23. The van der Waals surface area contributed by atoms with Crippen LogP contribution in [0.25, 0.3) is 10.9 Å². The van der Waals surface area contributed by atoms with E-state index in [2.05, 4.69) is 4.98 Å². The molecule has 0 spiro atoms. The number of hydrogen-bond donors (Lipinski definition) is 0. The third-order valence-corrected chi connectivity index (χ3v) is 3.21. The first-order valence-corrected chi connectivity index (χ1v) is 6.54. The van der Waals surface area contributed by atoms with Gasteiger partial charge in [0.15, 0.2) is 0 Å². The molecule has 0 amide bonds. The second kappa shape index (κ2) is 5.53. The Bertz CT molecular complexity index is 681. The normalized spacial score (nSPS) is 17.1. The number of nitrogens with zero attached hydrogens (tertiary/aromatic N) is 2. The van der Waals surface area contributed by atoms with Crippen molar-refractivity contribution in [2.24, 2.45) is 0 Å². The Balaban J connectivity index is 2.00. The van der Waals surface area contributed by atoms with Gasteiger partial charge in [-0.25, -0.2) is 0 Å². The van der Waals surface area contributed by atoms with Crippen LogP contribution in [0.15, 0.2) is 36.5 Å². The zero-order chi connectivity index (χ0) is 14.8. The second-order valence-electron chi connectivity index (χ2n) is 4.90. The van der Waals surface area contributed by atoms with Crippen LogP contribution in [0.4, 0.5) is 0 Å². The van der Waals surface area contributed by atoms with Gasteiger partial charge >= 0.3 is 19.1 Å². The predicted molar refractivity (Wildman–Crippen MR) is 76.8 cm³/mol. The van der Waals surface area contributed by atoms with Crippen molar-refractivity contribution in [1.82, 2.24) is 9.88 Å². The monoisotopic (exact) mass is 284 g/mol. The number of fused-ring (bicyclic) bond motifs is 1. The van der Waals surface area contributed by atoms with E-state index in [0.29, 0.717) is 5.46 Å². The van der Waals surface area contributed by atoms with Gasteiger partial charge in [-0.1, -0.05) is 18.2 Å². The third kappa shape index (κ3) is 2.87. The van der Waals surface area contributed by atoms with Crippen LogP contribution >= 0.6 is 0 Å². The average molecular weight is 284 g/mol. The fourth-order valence-corrected chi connectivity index (χ4v) is 2.29. The highest BCUT2D eigenvalue weighted by Crippen LogP contribution is 2.11. The van der Waals surface area contributed by atoms with Gasteiger partial charge in [-0.3, -0.25) is 19.5 Å². The molecule has 1 saturated heterocycles. The summed E-state index contributed by atoms with van der Waals surface area (Å²) in [6, 6.07) is 9.04. The number of carbonyl (C=O) groups is 2. The van der Waals surface area contributed by atoms with Crippen molar-refractivity contribution in [2.45, 2.75) is 0 Å². The van der Waals surface area contributed by atoms with E-state index < -0.39 is 19.1 Å². The van der Waals surface area contributed by atoms with Crippen LogP contribution in [-0.4, -0.2) is 49.1 Å². The Morgan fingerprint density at radius 2 is 1.81 bits per heavy atom. The fourth-order valence-electron chi connectivity index (χ4n) is 2.29. The zero-order valence-electron chi connectivity index (χ0n) is 11.5. The largest absolute Gasteiger partial charge is 0.637 e. The number of pyridine rings is 1. The van der Waals surface area contributed by atoms with Crippen molar-refractivity contribution >= 4 is 35.4 Å². The van der Waals surface area contributed by atoms with Crippen LogP contribution in [0.5, 0.6) is 0 Å². The van der Waals surface area contributed by atoms with E-state index in [1.54, 1.807) is 36.3 Å². The maximum Gasteiger partial charge on any atom is 0.637 e. The summed E-state index contributed by atoms with van der Waals surface area (Å²) in [6.07, 6.45) is 1.68. The minimum absolute atomic E-state index is 0.0502. The molecule has 0 atom stereocenters. The van der Waals surface area contributed by atoms with Gasteiger partial charge in [-0.05, 0) is 19.2 Å². The standard InChI is InChI=1S/C14H13BN2O4/c1-17-8-13(18)20-15(21-14(19)9-17)11-5-2-6-12-10(11)4-3-7-16-12/h2-7H,8-9H2,1H3. The summed E-state index contributed by atoms with van der Waals surface area (Å²) < 4.78 is 10.5. The summed E-state index contributed by atoms with van der Waals surface area (Å²) >= 11 is 0. The fraction of sp³-hybridized carbons (Fsp3) is 0.214. The number of hydrogen-bond acceptors (Lipinski definition) is 6. The second-order valence-corrected chi connectivity index (χ2v) is 4.90. The Hall–Kier alpha value is -2.41. The van der Waals surface area contributed by atoms with Crippen molar-refractivity contribution in [1.29, 1.82) is 0 Å². The highest BCUT2D eigenvalue weighted by Gasteiger charge is 2.34. The molecule has 0 N–H and O–H groups in total.